The average Bonchev–Trinajstić information content (AvgIpc) is 2.84. The second kappa shape index (κ2) is 11.6. The molecule has 1 amide bonds. The highest BCUT2D eigenvalue weighted by Crippen LogP contribution is 2.28. The van der Waals surface area contributed by atoms with Crippen molar-refractivity contribution in [3.05, 3.63) is 41.8 Å². The Morgan fingerprint density at radius 1 is 1.17 bits per heavy atom. The van der Waals surface area contributed by atoms with Crippen molar-refractivity contribution < 1.29 is 18.7 Å². The highest BCUT2D eigenvalue weighted by atomic mass is 19.1. The van der Waals surface area contributed by atoms with Gasteiger partial charge in [-0.2, -0.15) is 4.98 Å². The Balaban J connectivity index is 1.94. The fourth-order valence-electron chi connectivity index (χ4n) is 3.70. The van der Waals surface area contributed by atoms with Crippen molar-refractivity contribution in [2.24, 2.45) is 0 Å². The molecule has 2 heterocycles. The zero-order valence-electron chi connectivity index (χ0n) is 20.9. The Hall–Kier alpha value is -3.69. The maximum atomic E-state index is 14.0. The van der Waals surface area contributed by atoms with Crippen molar-refractivity contribution in [3.8, 4) is 11.5 Å². The average molecular weight is 485 g/mol. The Labute approximate surface area is 204 Å². The number of anilines is 2. The van der Waals surface area contributed by atoms with Crippen LogP contribution in [0.3, 0.4) is 0 Å². The lowest BCUT2D eigenvalue weighted by molar-refractivity contribution is -0.119. The van der Waals surface area contributed by atoms with Gasteiger partial charge in [0.1, 0.15) is 22.8 Å². The van der Waals surface area contributed by atoms with Gasteiger partial charge in [-0.05, 0) is 25.5 Å². The van der Waals surface area contributed by atoms with Gasteiger partial charge in [-0.25, -0.2) is 14.4 Å². The third-order valence-electron chi connectivity index (χ3n) is 5.66. The summed E-state index contributed by atoms with van der Waals surface area (Å²) in [5.74, 6) is 1.51. The van der Waals surface area contributed by atoms with Crippen LogP contribution in [0.4, 0.5) is 16.2 Å². The third-order valence-corrected chi connectivity index (χ3v) is 5.66. The number of aromatic nitrogens is 3. The van der Waals surface area contributed by atoms with Crippen LogP contribution < -0.4 is 25.4 Å². The summed E-state index contributed by atoms with van der Waals surface area (Å²) >= 11 is 0. The number of carbonyl (C=O) groups excluding carboxylic acids is 1. The number of rotatable bonds is 12. The number of benzene rings is 1. The summed E-state index contributed by atoms with van der Waals surface area (Å²) in [6, 6.07) is 6.85. The van der Waals surface area contributed by atoms with Crippen molar-refractivity contribution in [2.45, 2.75) is 52.1 Å². The summed E-state index contributed by atoms with van der Waals surface area (Å²) in [5, 5.41) is 9.54. The molecule has 0 aliphatic rings. The van der Waals surface area contributed by atoms with E-state index in [0.29, 0.717) is 47.4 Å². The molecule has 0 radical (unpaired) electrons. The van der Waals surface area contributed by atoms with E-state index in [1.807, 2.05) is 19.1 Å². The first-order valence-electron chi connectivity index (χ1n) is 11.6. The number of unbranched alkanes of at least 4 members (excludes halogenated alkanes) is 1. The molecule has 0 spiro atoms. The molecule has 3 aromatic rings. The molecule has 1 unspecified atom stereocenters. The maximum Gasteiger partial charge on any atom is 0.225 e. The van der Waals surface area contributed by atoms with E-state index in [1.165, 1.54) is 13.0 Å². The molecule has 0 bridgehead atoms. The van der Waals surface area contributed by atoms with Crippen LogP contribution in [0.1, 0.15) is 45.6 Å². The number of methoxy groups -OCH3 is 2. The van der Waals surface area contributed by atoms with Crippen molar-refractivity contribution in [1.29, 1.82) is 0 Å². The fraction of sp³-hybridized carbons (Fsp3) is 0.440. The lowest BCUT2D eigenvalue weighted by Crippen LogP contribution is -2.46. The SMILES string of the molecule is CCCCC(C)(CNC(C)=O)Nc1nc(NCc2ccc(OC)cc2OC)nc2cc(F)cnc12. The quantitative estimate of drug-likeness (QED) is 0.349. The molecule has 1 aromatic carbocycles. The third kappa shape index (κ3) is 6.91. The van der Waals surface area contributed by atoms with Gasteiger partial charge in [0.05, 0.1) is 31.5 Å². The lowest BCUT2D eigenvalue weighted by atomic mass is 9.94. The van der Waals surface area contributed by atoms with Gasteiger partial charge in [0.25, 0.3) is 0 Å². The van der Waals surface area contributed by atoms with Gasteiger partial charge < -0.3 is 25.4 Å². The molecule has 3 N–H and O–H groups in total. The molecule has 9 nitrogen and oxygen atoms in total. The van der Waals surface area contributed by atoms with Gasteiger partial charge in [0.2, 0.25) is 11.9 Å². The van der Waals surface area contributed by atoms with Crippen LogP contribution in [-0.2, 0) is 11.3 Å². The van der Waals surface area contributed by atoms with E-state index in [2.05, 4.69) is 37.8 Å². The summed E-state index contributed by atoms with van der Waals surface area (Å²) in [5.41, 5.74) is 1.20. The lowest BCUT2D eigenvalue weighted by Gasteiger charge is -2.32. The number of fused-ring (bicyclic) bond motifs is 1. The molecule has 1 atom stereocenters. The number of pyridine rings is 1. The summed E-state index contributed by atoms with van der Waals surface area (Å²) in [4.78, 5) is 24.9. The van der Waals surface area contributed by atoms with E-state index in [9.17, 15) is 9.18 Å². The molecular formula is C25H33FN6O3. The number of nitrogens with one attached hydrogen (secondary N) is 3. The minimum absolute atomic E-state index is 0.113. The monoisotopic (exact) mass is 484 g/mol. The summed E-state index contributed by atoms with van der Waals surface area (Å²) in [7, 11) is 3.19. The predicted molar refractivity (Wildman–Crippen MR) is 134 cm³/mol. The molecule has 0 saturated carbocycles. The van der Waals surface area contributed by atoms with Gasteiger partial charge in [0.15, 0.2) is 5.82 Å². The van der Waals surface area contributed by atoms with Crippen molar-refractivity contribution in [1.82, 2.24) is 20.3 Å². The summed E-state index contributed by atoms with van der Waals surface area (Å²) in [6.07, 6.45) is 3.89. The first kappa shape index (κ1) is 25.9. The zero-order valence-corrected chi connectivity index (χ0v) is 20.9. The van der Waals surface area contributed by atoms with Crippen LogP contribution >= 0.6 is 0 Å². The highest BCUT2D eigenvalue weighted by molar-refractivity contribution is 5.86. The number of amides is 1. The van der Waals surface area contributed by atoms with Gasteiger partial charge in [-0.3, -0.25) is 4.79 Å². The largest absolute Gasteiger partial charge is 0.497 e. The maximum absolute atomic E-state index is 14.0. The zero-order chi connectivity index (χ0) is 25.4. The minimum atomic E-state index is -0.491. The van der Waals surface area contributed by atoms with E-state index in [1.54, 1.807) is 20.3 Å². The molecule has 0 saturated heterocycles. The van der Waals surface area contributed by atoms with Gasteiger partial charge >= 0.3 is 0 Å². The number of hydrogen-bond acceptors (Lipinski definition) is 8. The van der Waals surface area contributed by atoms with E-state index in [4.69, 9.17) is 9.47 Å². The van der Waals surface area contributed by atoms with E-state index in [-0.39, 0.29) is 5.91 Å². The number of ether oxygens (including phenoxy) is 2. The number of halogens is 1. The topological polar surface area (TPSA) is 110 Å². The van der Waals surface area contributed by atoms with Crippen LogP contribution in [0.15, 0.2) is 30.5 Å². The number of carbonyl (C=O) groups is 1. The van der Waals surface area contributed by atoms with Crippen LogP contribution in [0.2, 0.25) is 0 Å². The Kier molecular flexibility index (Phi) is 8.62. The normalized spacial score (nSPS) is 12.6. The number of nitrogens with zero attached hydrogens (tertiary/aromatic N) is 3. The van der Waals surface area contributed by atoms with E-state index < -0.39 is 11.4 Å². The second-order valence-electron chi connectivity index (χ2n) is 8.65. The summed E-state index contributed by atoms with van der Waals surface area (Å²) < 4.78 is 24.7. The van der Waals surface area contributed by atoms with E-state index in [0.717, 1.165) is 31.0 Å². The van der Waals surface area contributed by atoms with Crippen LogP contribution in [-0.4, -0.2) is 47.2 Å². The molecule has 35 heavy (non-hydrogen) atoms. The molecule has 0 aliphatic carbocycles. The predicted octanol–water partition coefficient (Wildman–Crippen LogP) is 4.29. The number of hydrogen-bond donors (Lipinski definition) is 3. The molecule has 2 aromatic heterocycles. The highest BCUT2D eigenvalue weighted by Gasteiger charge is 2.26. The van der Waals surface area contributed by atoms with Crippen LogP contribution in [0.5, 0.6) is 11.5 Å². The van der Waals surface area contributed by atoms with Crippen molar-refractivity contribution >= 4 is 28.7 Å². The molecule has 3 rings (SSSR count). The molecule has 0 aliphatic heterocycles. The molecular weight excluding hydrogens is 451 g/mol. The molecule has 10 heteroatoms. The second-order valence-corrected chi connectivity index (χ2v) is 8.65. The molecule has 0 fully saturated rings. The van der Waals surface area contributed by atoms with Crippen LogP contribution in [0.25, 0.3) is 11.0 Å². The first-order valence-corrected chi connectivity index (χ1v) is 11.6. The molecule has 188 valence electrons. The Bertz CT molecular complexity index is 1180. The standard InChI is InChI=1S/C25H33FN6O3/c1-6-7-10-25(3,15-29-16(2)33)32-23-22-20(11-18(26)14-27-22)30-24(31-23)28-13-17-8-9-19(34-4)12-21(17)35-5/h8-9,11-12,14H,6-7,10,13,15H2,1-5H3,(H,29,33)(H2,28,30,31,32). The van der Waals surface area contributed by atoms with Crippen molar-refractivity contribution in [3.63, 3.8) is 0 Å². The van der Waals surface area contributed by atoms with Gasteiger partial charge in [-0.15, -0.1) is 0 Å². The van der Waals surface area contributed by atoms with Crippen molar-refractivity contribution in [2.75, 3.05) is 31.4 Å². The van der Waals surface area contributed by atoms with Gasteiger partial charge in [0, 0.05) is 37.7 Å². The fourth-order valence-corrected chi connectivity index (χ4v) is 3.70. The first-order chi connectivity index (χ1) is 16.8. The smallest absolute Gasteiger partial charge is 0.225 e. The van der Waals surface area contributed by atoms with Crippen LogP contribution in [0, 0.1) is 5.82 Å². The Morgan fingerprint density at radius 3 is 2.66 bits per heavy atom. The summed E-state index contributed by atoms with van der Waals surface area (Å²) in [6.45, 7) is 6.39. The van der Waals surface area contributed by atoms with Gasteiger partial charge in [-0.1, -0.05) is 19.8 Å². The Morgan fingerprint density at radius 2 is 1.97 bits per heavy atom. The minimum Gasteiger partial charge on any atom is -0.497 e. The van der Waals surface area contributed by atoms with E-state index >= 15 is 0 Å².